The first-order valence-corrected chi connectivity index (χ1v) is 7.51. The quantitative estimate of drug-likeness (QED) is 0.913. The zero-order chi connectivity index (χ0) is 16.9. The minimum atomic E-state index is -0.467. The van der Waals surface area contributed by atoms with Crippen molar-refractivity contribution in [2.45, 2.75) is 20.8 Å². The van der Waals surface area contributed by atoms with Crippen molar-refractivity contribution in [3.8, 4) is 11.5 Å². The Hall–Kier alpha value is -2.62. The minimum Gasteiger partial charge on any atom is -0.457 e. The Kier molecular flexibility index (Phi) is 5.16. The fourth-order valence-electron chi connectivity index (χ4n) is 1.85. The normalized spacial score (nSPS) is 10.9. The van der Waals surface area contributed by atoms with Crippen LogP contribution in [0.5, 0.6) is 11.5 Å². The van der Waals surface area contributed by atoms with E-state index in [-0.39, 0.29) is 18.2 Å². The topological polar surface area (TPSA) is 55.4 Å². The lowest BCUT2D eigenvalue weighted by Crippen LogP contribution is -2.35. The molecule has 0 spiro atoms. The first-order valence-electron chi connectivity index (χ1n) is 7.51. The monoisotopic (exact) mass is 311 g/mol. The van der Waals surface area contributed by atoms with E-state index in [1.807, 2.05) is 51.1 Å². The molecule has 0 aliphatic heterocycles. The Balaban J connectivity index is 2.02. The van der Waals surface area contributed by atoms with Gasteiger partial charge in [0.05, 0.1) is 6.54 Å². The number of carbonyl (C=O) groups excluding carboxylic acids is 2. The molecule has 0 fully saturated rings. The zero-order valence-electron chi connectivity index (χ0n) is 13.6. The SMILES string of the molecule is CC(C)(C)C(=O)CNC(=O)c1cccc(Oc2ccccc2)c1. The molecule has 0 saturated carbocycles. The van der Waals surface area contributed by atoms with Gasteiger partial charge >= 0.3 is 0 Å². The Morgan fingerprint density at radius 3 is 2.26 bits per heavy atom. The van der Waals surface area contributed by atoms with E-state index in [4.69, 9.17) is 4.74 Å². The number of hydrogen-bond donors (Lipinski definition) is 1. The van der Waals surface area contributed by atoms with Gasteiger partial charge in [0.1, 0.15) is 11.5 Å². The van der Waals surface area contributed by atoms with Crippen LogP contribution in [0.3, 0.4) is 0 Å². The maximum absolute atomic E-state index is 12.2. The molecule has 2 aromatic carbocycles. The molecule has 0 radical (unpaired) electrons. The van der Waals surface area contributed by atoms with Gasteiger partial charge in [-0.2, -0.15) is 0 Å². The van der Waals surface area contributed by atoms with Gasteiger partial charge in [0.15, 0.2) is 5.78 Å². The highest BCUT2D eigenvalue weighted by Gasteiger charge is 2.21. The van der Waals surface area contributed by atoms with Crippen molar-refractivity contribution in [3.05, 3.63) is 60.2 Å². The third-order valence-electron chi connectivity index (χ3n) is 3.32. The molecule has 120 valence electrons. The van der Waals surface area contributed by atoms with Gasteiger partial charge in [-0.3, -0.25) is 9.59 Å². The van der Waals surface area contributed by atoms with E-state index in [9.17, 15) is 9.59 Å². The Morgan fingerprint density at radius 2 is 1.61 bits per heavy atom. The van der Waals surface area contributed by atoms with E-state index in [0.717, 1.165) is 0 Å². The number of para-hydroxylation sites is 1. The third kappa shape index (κ3) is 4.95. The van der Waals surface area contributed by atoms with E-state index >= 15 is 0 Å². The van der Waals surface area contributed by atoms with Crippen molar-refractivity contribution in [3.63, 3.8) is 0 Å². The lowest BCUT2D eigenvalue weighted by Gasteiger charge is -2.16. The second-order valence-corrected chi connectivity index (χ2v) is 6.30. The maximum Gasteiger partial charge on any atom is 0.251 e. The van der Waals surface area contributed by atoms with Crippen molar-refractivity contribution in [1.29, 1.82) is 0 Å². The van der Waals surface area contributed by atoms with E-state index in [1.165, 1.54) is 0 Å². The smallest absolute Gasteiger partial charge is 0.251 e. The number of benzene rings is 2. The van der Waals surface area contributed by atoms with Crippen LogP contribution >= 0.6 is 0 Å². The number of Topliss-reactive ketones (excluding diaryl/α,β-unsaturated/α-hetero) is 1. The van der Waals surface area contributed by atoms with Crippen LogP contribution in [0.4, 0.5) is 0 Å². The highest BCUT2D eigenvalue weighted by atomic mass is 16.5. The summed E-state index contributed by atoms with van der Waals surface area (Å²) in [4.78, 5) is 24.0. The van der Waals surface area contributed by atoms with Crippen molar-refractivity contribution in [1.82, 2.24) is 5.32 Å². The number of hydrogen-bond acceptors (Lipinski definition) is 3. The molecule has 1 N–H and O–H groups in total. The van der Waals surface area contributed by atoms with Crippen LogP contribution in [0.25, 0.3) is 0 Å². The molecule has 0 unspecified atom stereocenters. The largest absolute Gasteiger partial charge is 0.457 e. The number of nitrogens with one attached hydrogen (secondary N) is 1. The summed E-state index contributed by atoms with van der Waals surface area (Å²) in [6.45, 7) is 5.51. The Morgan fingerprint density at radius 1 is 0.957 bits per heavy atom. The van der Waals surface area contributed by atoms with Crippen LogP contribution in [0.1, 0.15) is 31.1 Å². The zero-order valence-corrected chi connectivity index (χ0v) is 13.6. The Bertz CT molecular complexity index is 687. The number of ether oxygens (including phenoxy) is 1. The summed E-state index contributed by atoms with van der Waals surface area (Å²) in [5.74, 6) is 0.975. The van der Waals surface area contributed by atoms with Crippen LogP contribution in [0.15, 0.2) is 54.6 Å². The average Bonchev–Trinajstić information content (AvgIpc) is 2.52. The molecule has 0 aliphatic carbocycles. The molecule has 0 heterocycles. The van der Waals surface area contributed by atoms with Gasteiger partial charge in [0.25, 0.3) is 5.91 Å². The standard InChI is InChI=1S/C19H21NO3/c1-19(2,3)17(21)13-20-18(22)14-8-7-11-16(12-14)23-15-9-5-4-6-10-15/h4-12H,13H2,1-3H3,(H,20,22). The predicted molar refractivity (Wildman–Crippen MR) is 89.8 cm³/mol. The molecule has 4 heteroatoms. The van der Waals surface area contributed by atoms with Crippen molar-refractivity contribution < 1.29 is 14.3 Å². The van der Waals surface area contributed by atoms with Crippen LogP contribution < -0.4 is 10.1 Å². The van der Waals surface area contributed by atoms with Gasteiger partial charge in [-0.15, -0.1) is 0 Å². The summed E-state index contributed by atoms with van der Waals surface area (Å²) in [6, 6.07) is 16.2. The van der Waals surface area contributed by atoms with Gasteiger partial charge in [0.2, 0.25) is 0 Å². The van der Waals surface area contributed by atoms with Crippen molar-refractivity contribution in [2.75, 3.05) is 6.54 Å². The molecule has 0 aliphatic rings. The highest BCUT2D eigenvalue weighted by Crippen LogP contribution is 2.21. The lowest BCUT2D eigenvalue weighted by atomic mass is 9.91. The summed E-state index contributed by atoms with van der Waals surface area (Å²) >= 11 is 0. The van der Waals surface area contributed by atoms with E-state index in [2.05, 4.69) is 5.32 Å². The Labute approximate surface area is 136 Å². The van der Waals surface area contributed by atoms with E-state index in [1.54, 1.807) is 24.3 Å². The number of rotatable bonds is 5. The maximum atomic E-state index is 12.2. The predicted octanol–water partition coefficient (Wildman–Crippen LogP) is 3.82. The minimum absolute atomic E-state index is 0.0115. The second-order valence-electron chi connectivity index (χ2n) is 6.30. The molecule has 0 saturated heterocycles. The molecule has 2 rings (SSSR count). The molecule has 0 atom stereocenters. The fourth-order valence-corrected chi connectivity index (χ4v) is 1.85. The van der Waals surface area contributed by atoms with Crippen LogP contribution in [0.2, 0.25) is 0 Å². The summed E-state index contributed by atoms with van der Waals surface area (Å²) in [5.41, 5.74) is -0.00825. The van der Waals surface area contributed by atoms with Gasteiger partial charge in [0, 0.05) is 11.0 Å². The lowest BCUT2D eigenvalue weighted by molar-refractivity contribution is -0.125. The van der Waals surface area contributed by atoms with Crippen LogP contribution in [-0.2, 0) is 4.79 Å². The summed E-state index contributed by atoms with van der Waals surface area (Å²) in [5, 5.41) is 2.65. The highest BCUT2D eigenvalue weighted by molar-refractivity contribution is 5.97. The molecule has 1 amide bonds. The first-order chi connectivity index (χ1) is 10.9. The van der Waals surface area contributed by atoms with E-state index in [0.29, 0.717) is 17.1 Å². The number of ketones is 1. The molecule has 0 aromatic heterocycles. The van der Waals surface area contributed by atoms with Crippen LogP contribution in [-0.4, -0.2) is 18.2 Å². The summed E-state index contributed by atoms with van der Waals surface area (Å²) in [6.07, 6.45) is 0. The van der Waals surface area contributed by atoms with Crippen molar-refractivity contribution >= 4 is 11.7 Å². The fraction of sp³-hybridized carbons (Fsp3) is 0.263. The molecule has 4 nitrogen and oxygen atoms in total. The van der Waals surface area contributed by atoms with Gasteiger partial charge < -0.3 is 10.1 Å². The third-order valence-corrected chi connectivity index (χ3v) is 3.32. The van der Waals surface area contributed by atoms with E-state index < -0.39 is 5.41 Å². The van der Waals surface area contributed by atoms with Gasteiger partial charge in [-0.05, 0) is 30.3 Å². The summed E-state index contributed by atoms with van der Waals surface area (Å²) < 4.78 is 5.70. The number of carbonyl (C=O) groups is 2. The van der Waals surface area contributed by atoms with Crippen molar-refractivity contribution in [2.24, 2.45) is 5.41 Å². The average molecular weight is 311 g/mol. The molecule has 2 aromatic rings. The van der Waals surface area contributed by atoms with Gasteiger partial charge in [-0.1, -0.05) is 45.0 Å². The van der Waals surface area contributed by atoms with Gasteiger partial charge in [-0.25, -0.2) is 0 Å². The second kappa shape index (κ2) is 7.09. The molecular formula is C19H21NO3. The first kappa shape index (κ1) is 16.7. The van der Waals surface area contributed by atoms with Crippen LogP contribution in [0, 0.1) is 5.41 Å². The molecular weight excluding hydrogens is 290 g/mol. The molecule has 0 bridgehead atoms. The molecule has 23 heavy (non-hydrogen) atoms. The number of amides is 1. The summed E-state index contributed by atoms with van der Waals surface area (Å²) in [7, 11) is 0.